The Hall–Kier alpha value is -0.970. The molecule has 1 fully saturated rings. The molecule has 0 spiro atoms. The molecule has 0 unspecified atom stereocenters. The highest BCUT2D eigenvalue weighted by atomic mass is 16.3. The van der Waals surface area contributed by atoms with E-state index in [1.54, 1.807) is 0 Å². The molecule has 0 aromatic carbocycles. The van der Waals surface area contributed by atoms with Gasteiger partial charge in [0, 0.05) is 56.1 Å². The Kier molecular flexibility index (Phi) is 5.36. The molecule has 4 nitrogen and oxygen atoms in total. The monoisotopic (exact) mass is 291 g/mol. The molecule has 0 aliphatic carbocycles. The van der Waals surface area contributed by atoms with Crippen molar-refractivity contribution >= 4 is 0 Å². The lowest BCUT2D eigenvalue weighted by molar-refractivity contribution is 0.0702. The summed E-state index contributed by atoms with van der Waals surface area (Å²) in [4.78, 5) is 9.43. The third kappa shape index (κ3) is 4.50. The van der Waals surface area contributed by atoms with Crippen LogP contribution in [0.2, 0.25) is 0 Å². The first-order chi connectivity index (χ1) is 9.90. The minimum absolute atomic E-state index is 0.116. The highest BCUT2D eigenvalue weighted by Crippen LogP contribution is 2.20. The standard InChI is InChI=1S/C17H29N3O/c1-14(13-21)20-9-7-19(8-10-20)12-15-5-6-16(18-11-15)17(2,3)4/h5-6,11,14,21H,7-10,12-13H2,1-4H3/t14-/m0/s1. The van der Waals surface area contributed by atoms with E-state index >= 15 is 0 Å². The predicted molar refractivity (Wildman–Crippen MR) is 86.3 cm³/mol. The number of rotatable bonds is 4. The van der Waals surface area contributed by atoms with Crippen molar-refractivity contribution in [1.82, 2.24) is 14.8 Å². The van der Waals surface area contributed by atoms with E-state index in [0.717, 1.165) is 38.4 Å². The molecule has 2 heterocycles. The van der Waals surface area contributed by atoms with Crippen molar-refractivity contribution in [3.8, 4) is 0 Å². The molecule has 1 aromatic heterocycles. The third-order valence-electron chi connectivity index (χ3n) is 4.29. The molecule has 0 amide bonds. The summed E-state index contributed by atoms with van der Waals surface area (Å²) in [5.41, 5.74) is 2.55. The van der Waals surface area contributed by atoms with E-state index in [4.69, 9.17) is 0 Å². The Morgan fingerprint density at radius 3 is 2.33 bits per heavy atom. The van der Waals surface area contributed by atoms with Crippen LogP contribution in [-0.4, -0.2) is 58.7 Å². The smallest absolute Gasteiger partial charge is 0.0584 e. The number of pyridine rings is 1. The summed E-state index contributed by atoms with van der Waals surface area (Å²) in [6, 6.07) is 4.63. The maximum absolute atomic E-state index is 9.22. The largest absolute Gasteiger partial charge is 0.395 e. The molecular formula is C17H29N3O. The zero-order valence-electron chi connectivity index (χ0n) is 13.8. The molecule has 4 heteroatoms. The molecule has 1 aliphatic rings. The van der Waals surface area contributed by atoms with Crippen LogP contribution >= 0.6 is 0 Å². The number of piperazine rings is 1. The number of aromatic nitrogens is 1. The van der Waals surface area contributed by atoms with Gasteiger partial charge in [-0.15, -0.1) is 0 Å². The van der Waals surface area contributed by atoms with Crippen molar-refractivity contribution in [1.29, 1.82) is 0 Å². The van der Waals surface area contributed by atoms with E-state index in [0.29, 0.717) is 0 Å². The van der Waals surface area contributed by atoms with Gasteiger partial charge in [0.1, 0.15) is 0 Å². The molecule has 0 saturated carbocycles. The van der Waals surface area contributed by atoms with Gasteiger partial charge in [0.15, 0.2) is 0 Å². The van der Waals surface area contributed by atoms with Crippen molar-refractivity contribution in [3.63, 3.8) is 0 Å². The zero-order valence-corrected chi connectivity index (χ0v) is 13.8. The number of aliphatic hydroxyl groups excluding tert-OH is 1. The molecule has 1 N–H and O–H groups in total. The first-order valence-electron chi connectivity index (χ1n) is 7.93. The summed E-state index contributed by atoms with van der Waals surface area (Å²) < 4.78 is 0. The van der Waals surface area contributed by atoms with Crippen LogP contribution < -0.4 is 0 Å². The molecule has 0 bridgehead atoms. The summed E-state index contributed by atoms with van der Waals surface area (Å²) >= 11 is 0. The van der Waals surface area contributed by atoms with E-state index in [1.807, 2.05) is 6.20 Å². The zero-order chi connectivity index (χ0) is 15.5. The van der Waals surface area contributed by atoms with Crippen molar-refractivity contribution in [2.45, 2.75) is 45.7 Å². The number of hydrogen-bond donors (Lipinski definition) is 1. The van der Waals surface area contributed by atoms with Crippen molar-refractivity contribution in [3.05, 3.63) is 29.6 Å². The van der Waals surface area contributed by atoms with Gasteiger partial charge in [-0.1, -0.05) is 26.8 Å². The number of nitrogens with zero attached hydrogens (tertiary/aromatic N) is 3. The molecule has 1 saturated heterocycles. The average Bonchev–Trinajstić information content (AvgIpc) is 2.47. The topological polar surface area (TPSA) is 39.6 Å². The van der Waals surface area contributed by atoms with Gasteiger partial charge in [-0.25, -0.2) is 0 Å². The van der Waals surface area contributed by atoms with Crippen LogP contribution in [0, 0.1) is 0 Å². The molecule has 21 heavy (non-hydrogen) atoms. The first kappa shape index (κ1) is 16.4. The SMILES string of the molecule is C[C@@H](CO)N1CCN(Cc2ccc(C(C)(C)C)nc2)CC1. The second-order valence-electron chi connectivity index (χ2n) is 7.15. The van der Waals surface area contributed by atoms with Gasteiger partial charge in [-0.3, -0.25) is 14.8 Å². The molecule has 2 rings (SSSR count). The maximum Gasteiger partial charge on any atom is 0.0584 e. The molecule has 1 atom stereocenters. The van der Waals surface area contributed by atoms with E-state index in [2.05, 4.69) is 54.6 Å². The second kappa shape index (κ2) is 6.86. The Labute approximate surface area is 128 Å². The lowest BCUT2D eigenvalue weighted by Gasteiger charge is -2.37. The summed E-state index contributed by atoms with van der Waals surface area (Å²) in [5, 5.41) is 9.22. The fraction of sp³-hybridized carbons (Fsp3) is 0.706. The predicted octanol–water partition coefficient (Wildman–Crippen LogP) is 1.88. The van der Waals surface area contributed by atoms with Gasteiger partial charge in [0.25, 0.3) is 0 Å². The van der Waals surface area contributed by atoms with Gasteiger partial charge >= 0.3 is 0 Å². The first-order valence-corrected chi connectivity index (χ1v) is 7.93. The Morgan fingerprint density at radius 1 is 1.19 bits per heavy atom. The van der Waals surface area contributed by atoms with Crippen LogP contribution in [0.15, 0.2) is 18.3 Å². The van der Waals surface area contributed by atoms with Crippen LogP contribution in [0.1, 0.15) is 39.0 Å². The second-order valence-corrected chi connectivity index (χ2v) is 7.15. The molecule has 1 aliphatic heterocycles. The maximum atomic E-state index is 9.22. The highest BCUT2D eigenvalue weighted by Gasteiger charge is 2.21. The van der Waals surface area contributed by atoms with Gasteiger partial charge in [-0.2, -0.15) is 0 Å². The normalized spacial score (nSPS) is 19.7. The lowest BCUT2D eigenvalue weighted by Crippen LogP contribution is -2.50. The van der Waals surface area contributed by atoms with Crippen LogP contribution in [0.5, 0.6) is 0 Å². The van der Waals surface area contributed by atoms with Crippen LogP contribution in [-0.2, 0) is 12.0 Å². The van der Waals surface area contributed by atoms with Gasteiger partial charge in [0.05, 0.1) is 6.61 Å². The van der Waals surface area contributed by atoms with E-state index in [9.17, 15) is 5.11 Å². The highest BCUT2D eigenvalue weighted by molar-refractivity contribution is 5.19. The van der Waals surface area contributed by atoms with Gasteiger partial charge in [0.2, 0.25) is 0 Å². The van der Waals surface area contributed by atoms with Crippen molar-refractivity contribution in [2.75, 3.05) is 32.8 Å². The Balaban J connectivity index is 1.86. The molecule has 1 aromatic rings. The average molecular weight is 291 g/mol. The van der Waals surface area contributed by atoms with Crippen LogP contribution in [0.25, 0.3) is 0 Å². The summed E-state index contributed by atoms with van der Waals surface area (Å²) in [6.07, 6.45) is 2.02. The fourth-order valence-electron chi connectivity index (χ4n) is 2.70. The summed E-state index contributed by atoms with van der Waals surface area (Å²) in [7, 11) is 0. The number of hydrogen-bond acceptors (Lipinski definition) is 4. The van der Waals surface area contributed by atoms with E-state index in [-0.39, 0.29) is 18.1 Å². The Bertz CT molecular complexity index is 430. The van der Waals surface area contributed by atoms with E-state index < -0.39 is 0 Å². The van der Waals surface area contributed by atoms with Gasteiger partial charge < -0.3 is 5.11 Å². The summed E-state index contributed by atoms with van der Waals surface area (Å²) in [5.74, 6) is 0. The van der Waals surface area contributed by atoms with E-state index in [1.165, 1.54) is 5.56 Å². The minimum atomic E-state index is 0.116. The minimum Gasteiger partial charge on any atom is -0.395 e. The van der Waals surface area contributed by atoms with Crippen molar-refractivity contribution < 1.29 is 5.11 Å². The quantitative estimate of drug-likeness (QED) is 0.919. The molecular weight excluding hydrogens is 262 g/mol. The van der Waals surface area contributed by atoms with Gasteiger partial charge in [-0.05, 0) is 18.6 Å². The van der Waals surface area contributed by atoms with Crippen molar-refractivity contribution in [2.24, 2.45) is 0 Å². The number of aliphatic hydroxyl groups is 1. The molecule has 0 radical (unpaired) electrons. The van der Waals surface area contributed by atoms with Crippen LogP contribution in [0.3, 0.4) is 0 Å². The Morgan fingerprint density at radius 2 is 1.86 bits per heavy atom. The lowest BCUT2D eigenvalue weighted by atomic mass is 9.91. The van der Waals surface area contributed by atoms with Crippen LogP contribution in [0.4, 0.5) is 0 Å². The third-order valence-corrected chi connectivity index (χ3v) is 4.29. The summed E-state index contributed by atoms with van der Waals surface area (Å²) in [6.45, 7) is 14.1. The fourth-order valence-corrected chi connectivity index (χ4v) is 2.70. The molecule has 118 valence electrons.